The number of anilines is 1. The Morgan fingerprint density at radius 2 is 1.63 bits per heavy atom. The normalized spacial score (nSPS) is 15.6. The van der Waals surface area contributed by atoms with Gasteiger partial charge >= 0.3 is 6.18 Å². The molecular weight excluding hydrogens is 381 g/mol. The first kappa shape index (κ1) is 19.4. The Balaban J connectivity index is 2.05. The molecule has 27 heavy (non-hydrogen) atoms. The van der Waals surface area contributed by atoms with Crippen LogP contribution in [0.4, 0.5) is 18.9 Å². The molecule has 5 nitrogen and oxygen atoms in total. The summed E-state index contributed by atoms with van der Waals surface area (Å²) < 4.78 is 64.0. The molecule has 1 fully saturated rings. The SMILES string of the molecule is O=Cc1c(N2CCNCC2)cccc1S(=O)(=O)c1ccc(C(F)(F)F)cc1. The molecule has 0 saturated carbocycles. The molecule has 1 heterocycles. The van der Waals surface area contributed by atoms with E-state index in [2.05, 4.69) is 5.32 Å². The summed E-state index contributed by atoms with van der Waals surface area (Å²) in [5, 5.41) is 3.17. The van der Waals surface area contributed by atoms with Gasteiger partial charge in [-0.05, 0) is 36.4 Å². The lowest BCUT2D eigenvalue weighted by molar-refractivity contribution is -0.137. The van der Waals surface area contributed by atoms with Gasteiger partial charge in [0.2, 0.25) is 9.84 Å². The lowest BCUT2D eigenvalue weighted by atomic mass is 10.1. The van der Waals surface area contributed by atoms with Gasteiger partial charge in [-0.3, -0.25) is 4.79 Å². The Morgan fingerprint density at radius 3 is 2.19 bits per heavy atom. The number of halogens is 3. The Kier molecular flexibility index (Phi) is 5.25. The molecule has 0 atom stereocenters. The van der Waals surface area contributed by atoms with Crippen molar-refractivity contribution in [2.45, 2.75) is 16.0 Å². The molecule has 0 bridgehead atoms. The molecular formula is C18H17F3N2O3S. The van der Waals surface area contributed by atoms with Crippen LogP contribution in [0.3, 0.4) is 0 Å². The monoisotopic (exact) mass is 398 g/mol. The smallest absolute Gasteiger partial charge is 0.368 e. The maximum atomic E-state index is 12.9. The molecule has 0 radical (unpaired) electrons. The van der Waals surface area contributed by atoms with E-state index in [4.69, 9.17) is 0 Å². The van der Waals surface area contributed by atoms with Gasteiger partial charge in [-0.25, -0.2) is 8.42 Å². The predicted molar refractivity (Wildman–Crippen MR) is 93.8 cm³/mol. The third-order valence-electron chi connectivity index (χ3n) is 4.40. The van der Waals surface area contributed by atoms with E-state index in [-0.39, 0.29) is 15.4 Å². The summed E-state index contributed by atoms with van der Waals surface area (Å²) >= 11 is 0. The van der Waals surface area contributed by atoms with Crippen molar-refractivity contribution in [1.82, 2.24) is 5.32 Å². The molecule has 0 aromatic heterocycles. The third kappa shape index (κ3) is 3.84. The lowest BCUT2D eigenvalue weighted by Crippen LogP contribution is -2.44. The zero-order chi connectivity index (χ0) is 19.7. The number of carbonyl (C=O) groups excluding carboxylic acids is 1. The molecule has 0 unspecified atom stereocenters. The van der Waals surface area contributed by atoms with Gasteiger partial charge in [-0.2, -0.15) is 13.2 Å². The van der Waals surface area contributed by atoms with E-state index in [1.165, 1.54) is 12.1 Å². The number of piperazine rings is 1. The zero-order valence-corrected chi connectivity index (χ0v) is 15.0. The highest BCUT2D eigenvalue weighted by molar-refractivity contribution is 7.91. The van der Waals surface area contributed by atoms with Crippen LogP contribution < -0.4 is 10.2 Å². The largest absolute Gasteiger partial charge is 0.416 e. The van der Waals surface area contributed by atoms with Crippen molar-refractivity contribution in [3.63, 3.8) is 0 Å². The molecule has 0 aliphatic carbocycles. The summed E-state index contributed by atoms with van der Waals surface area (Å²) in [6, 6.07) is 7.74. The summed E-state index contributed by atoms with van der Waals surface area (Å²) in [6.07, 6.45) is -4.08. The number of aldehydes is 1. The van der Waals surface area contributed by atoms with Crippen LogP contribution in [0.25, 0.3) is 0 Å². The summed E-state index contributed by atoms with van der Waals surface area (Å²) in [5.41, 5.74) is -0.426. The lowest BCUT2D eigenvalue weighted by Gasteiger charge is -2.30. The Labute approximate surface area is 154 Å². The van der Waals surface area contributed by atoms with Gasteiger partial charge in [-0.1, -0.05) is 6.07 Å². The summed E-state index contributed by atoms with van der Waals surface area (Å²) in [4.78, 5) is 13.1. The van der Waals surface area contributed by atoms with Gasteiger partial charge < -0.3 is 10.2 Å². The van der Waals surface area contributed by atoms with E-state index in [0.29, 0.717) is 50.3 Å². The number of carbonyl (C=O) groups is 1. The number of nitrogens with one attached hydrogen (secondary N) is 1. The van der Waals surface area contributed by atoms with Gasteiger partial charge in [0.15, 0.2) is 6.29 Å². The average molecular weight is 398 g/mol. The van der Waals surface area contributed by atoms with Crippen LogP contribution >= 0.6 is 0 Å². The third-order valence-corrected chi connectivity index (χ3v) is 6.23. The van der Waals surface area contributed by atoms with Crippen LogP contribution in [0.5, 0.6) is 0 Å². The highest BCUT2D eigenvalue weighted by Crippen LogP contribution is 2.33. The molecule has 1 aliphatic heterocycles. The first-order chi connectivity index (χ1) is 12.7. The minimum atomic E-state index is -4.56. The van der Waals surface area contributed by atoms with Crippen LogP contribution in [0, 0.1) is 0 Å². The second kappa shape index (κ2) is 7.32. The topological polar surface area (TPSA) is 66.5 Å². The first-order valence-corrected chi connectivity index (χ1v) is 9.69. The van der Waals surface area contributed by atoms with E-state index in [1.54, 1.807) is 6.07 Å². The van der Waals surface area contributed by atoms with Crippen molar-refractivity contribution in [2.24, 2.45) is 0 Å². The van der Waals surface area contributed by atoms with E-state index in [1.807, 2.05) is 4.90 Å². The van der Waals surface area contributed by atoms with Gasteiger partial charge in [0.1, 0.15) is 0 Å². The van der Waals surface area contributed by atoms with Crippen LogP contribution in [0.2, 0.25) is 0 Å². The van der Waals surface area contributed by atoms with Crippen molar-refractivity contribution < 1.29 is 26.4 Å². The number of sulfone groups is 1. The number of rotatable bonds is 4. The highest BCUT2D eigenvalue weighted by Gasteiger charge is 2.31. The van der Waals surface area contributed by atoms with E-state index >= 15 is 0 Å². The molecule has 3 rings (SSSR count). The summed E-state index contributed by atoms with van der Waals surface area (Å²) in [5.74, 6) is 0. The highest BCUT2D eigenvalue weighted by atomic mass is 32.2. The first-order valence-electron chi connectivity index (χ1n) is 8.21. The minimum Gasteiger partial charge on any atom is -0.368 e. The van der Waals surface area contributed by atoms with Gasteiger partial charge in [0, 0.05) is 31.9 Å². The van der Waals surface area contributed by atoms with Crippen molar-refractivity contribution in [1.29, 1.82) is 0 Å². The average Bonchev–Trinajstić information content (AvgIpc) is 2.67. The van der Waals surface area contributed by atoms with Crippen molar-refractivity contribution in [2.75, 3.05) is 31.1 Å². The summed E-state index contributed by atoms with van der Waals surface area (Å²) in [7, 11) is -4.15. The number of benzene rings is 2. The Hall–Kier alpha value is -2.39. The second-order valence-electron chi connectivity index (χ2n) is 6.07. The van der Waals surface area contributed by atoms with Crippen LogP contribution in [0.1, 0.15) is 15.9 Å². The molecule has 2 aromatic carbocycles. The van der Waals surface area contributed by atoms with Crippen molar-refractivity contribution >= 4 is 21.8 Å². The number of hydrogen-bond acceptors (Lipinski definition) is 5. The van der Waals surface area contributed by atoms with Crippen molar-refractivity contribution in [3.8, 4) is 0 Å². The predicted octanol–water partition coefficient (Wildman–Crippen LogP) is 2.76. The second-order valence-corrected chi connectivity index (χ2v) is 7.99. The Morgan fingerprint density at radius 1 is 1.00 bits per heavy atom. The standard InChI is InChI=1S/C18H17F3N2O3S/c19-18(20,21)13-4-6-14(7-5-13)27(25,26)17-3-1-2-16(15(17)12-24)23-10-8-22-9-11-23/h1-7,12,22H,8-11H2. The summed E-state index contributed by atoms with van der Waals surface area (Å²) in [6.45, 7) is 2.64. The fourth-order valence-corrected chi connectivity index (χ4v) is 4.46. The molecule has 9 heteroatoms. The quantitative estimate of drug-likeness (QED) is 0.803. The molecule has 144 valence electrons. The molecule has 1 N–H and O–H groups in total. The maximum Gasteiger partial charge on any atom is 0.416 e. The van der Waals surface area contributed by atoms with Crippen LogP contribution in [0.15, 0.2) is 52.3 Å². The van der Waals surface area contributed by atoms with Crippen LogP contribution in [-0.2, 0) is 16.0 Å². The van der Waals surface area contributed by atoms with E-state index < -0.39 is 21.6 Å². The molecule has 2 aromatic rings. The Bertz CT molecular complexity index is 935. The van der Waals surface area contributed by atoms with Crippen molar-refractivity contribution in [3.05, 3.63) is 53.6 Å². The maximum absolute atomic E-state index is 12.9. The number of nitrogens with zero attached hydrogens (tertiary/aromatic N) is 1. The van der Waals surface area contributed by atoms with E-state index in [0.717, 1.165) is 12.1 Å². The van der Waals surface area contributed by atoms with Gasteiger partial charge in [0.05, 0.1) is 20.9 Å². The van der Waals surface area contributed by atoms with E-state index in [9.17, 15) is 26.4 Å². The fourth-order valence-electron chi connectivity index (χ4n) is 3.02. The molecule has 1 saturated heterocycles. The fraction of sp³-hybridized carbons (Fsp3) is 0.278. The molecule has 0 spiro atoms. The van der Waals surface area contributed by atoms with Gasteiger partial charge in [0.25, 0.3) is 0 Å². The zero-order valence-electron chi connectivity index (χ0n) is 14.2. The molecule has 1 aliphatic rings. The number of hydrogen-bond donors (Lipinski definition) is 1. The molecule has 0 amide bonds. The number of alkyl halides is 3. The van der Waals surface area contributed by atoms with Crippen LogP contribution in [-0.4, -0.2) is 40.9 Å². The van der Waals surface area contributed by atoms with Gasteiger partial charge in [-0.15, -0.1) is 0 Å². The minimum absolute atomic E-state index is 0.0132.